The van der Waals surface area contributed by atoms with Gasteiger partial charge in [-0.3, -0.25) is 14.5 Å². The number of anilines is 1. The van der Waals surface area contributed by atoms with E-state index in [-0.39, 0.29) is 17.0 Å². The van der Waals surface area contributed by atoms with Crippen molar-refractivity contribution in [1.82, 2.24) is 0 Å². The molecule has 1 atom stereocenters. The zero-order valence-electron chi connectivity index (χ0n) is 16.1. The summed E-state index contributed by atoms with van der Waals surface area (Å²) in [6.45, 7) is 0.433. The Hall–Kier alpha value is -3.58. The maximum Gasteiger partial charge on any atom is 0.347 e. The monoisotopic (exact) mass is 437 g/mol. The zero-order valence-corrected chi connectivity index (χ0v) is 16.9. The maximum absolute atomic E-state index is 13.5. The highest BCUT2D eigenvalue weighted by molar-refractivity contribution is 6.55. The van der Waals surface area contributed by atoms with Gasteiger partial charge in [0.15, 0.2) is 5.75 Å². The van der Waals surface area contributed by atoms with Gasteiger partial charge in [0.1, 0.15) is 5.76 Å². The number of amides is 1. The summed E-state index contributed by atoms with van der Waals surface area (Å²) in [4.78, 5) is 41.1. The number of esters is 1. The molecule has 3 aliphatic rings. The van der Waals surface area contributed by atoms with Gasteiger partial charge in [0.25, 0.3) is 5.78 Å². The van der Waals surface area contributed by atoms with Gasteiger partial charge in [0.2, 0.25) is 5.54 Å². The number of aliphatic hydroxyl groups is 1. The van der Waals surface area contributed by atoms with Crippen LogP contribution in [-0.4, -0.2) is 34.9 Å². The maximum atomic E-state index is 13.5. The van der Waals surface area contributed by atoms with Crippen LogP contribution in [0.3, 0.4) is 0 Å². The number of Topliss-reactive ketones (excluding diaryl/α,β-unsaturated/α-hetero) is 1. The standard InChI is InChI=1S/C23H16ClNO6/c24-15-8-9-17-16(11-15)25-21(28)20(27)18(19(26)13-5-2-1-3-6-13)23(25,22(29)31-17)14-7-4-10-30-12-14/h1-3,5-6,8-9,11-12,26H,4,7,10H2/b19-18-. The van der Waals surface area contributed by atoms with E-state index in [1.54, 1.807) is 30.3 Å². The van der Waals surface area contributed by atoms with Gasteiger partial charge < -0.3 is 14.6 Å². The molecule has 7 nitrogen and oxygen atoms in total. The third kappa shape index (κ3) is 2.63. The fourth-order valence-corrected chi connectivity index (χ4v) is 4.50. The zero-order chi connectivity index (χ0) is 21.8. The van der Waals surface area contributed by atoms with E-state index in [4.69, 9.17) is 21.1 Å². The highest BCUT2D eigenvalue weighted by atomic mass is 35.5. The molecular formula is C23H16ClNO6. The minimum Gasteiger partial charge on any atom is -0.507 e. The molecule has 1 N–H and O–H groups in total. The molecule has 2 aromatic rings. The van der Waals surface area contributed by atoms with E-state index >= 15 is 0 Å². The number of halogens is 1. The molecule has 1 saturated heterocycles. The van der Waals surface area contributed by atoms with Crippen LogP contribution in [0.1, 0.15) is 18.4 Å². The Morgan fingerprint density at radius 2 is 1.87 bits per heavy atom. The first-order chi connectivity index (χ1) is 15.0. The molecule has 5 rings (SSSR count). The number of rotatable bonds is 2. The Labute approximate surface area is 182 Å². The molecule has 1 unspecified atom stereocenters. The number of fused-ring (bicyclic) bond motifs is 3. The van der Waals surface area contributed by atoms with E-state index in [0.29, 0.717) is 35.6 Å². The van der Waals surface area contributed by atoms with Crippen LogP contribution in [0.5, 0.6) is 5.75 Å². The number of benzene rings is 2. The Morgan fingerprint density at radius 3 is 2.58 bits per heavy atom. The molecule has 3 aliphatic heterocycles. The summed E-state index contributed by atoms with van der Waals surface area (Å²) in [6, 6.07) is 12.7. The van der Waals surface area contributed by atoms with Crippen molar-refractivity contribution in [1.29, 1.82) is 0 Å². The second-order valence-corrected chi connectivity index (χ2v) is 7.83. The first-order valence-electron chi connectivity index (χ1n) is 9.67. The summed E-state index contributed by atoms with van der Waals surface area (Å²) in [6.07, 6.45) is 2.31. The van der Waals surface area contributed by atoms with Crippen molar-refractivity contribution in [2.24, 2.45) is 0 Å². The van der Waals surface area contributed by atoms with Crippen LogP contribution in [0.15, 0.2) is 65.9 Å². The first-order valence-corrected chi connectivity index (χ1v) is 10.0. The average molecular weight is 438 g/mol. The first kappa shape index (κ1) is 19.4. The lowest BCUT2D eigenvalue weighted by atomic mass is 9.78. The molecular weight excluding hydrogens is 422 g/mol. The van der Waals surface area contributed by atoms with Crippen molar-refractivity contribution in [2.75, 3.05) is 11.5 Å². The summed E-state index contributed by atoms with van der Waals surface area (Å²) in [5, 5.41) is 11.4. The Kier molecular flexibility index (Phi) is 4.37. The molecule has 1 fully saturated rings. The van der Waals surface area contributed by atoms with E-state index in [2.05, 4.69) is 0 Å². The second kappa shape index (κ2) is 6.99. The Morgan fingerprint density at radius 1 is 1.10 bits per heavy atom. The van der Waals surface area contributed by atoms with Crippen molar-refractivity contribution in [2.45, 2.75) is 18.4 Å². The van der Waals surface area contributed by atoms with Gasteiger partial charge in [-0.25, -0.2) is 4.79 Å². The topological polar surface area (TPSA) is 93.1 Å². The molecule has 31 heavy (non-hydrogen) atoms. The second-order valence-electron chi connectivity index (χ2n) is 7.39. The quantitative estimate of drug-likeness (QED) is 0.254. The molecule has 2 aromatic carbocycles. The van der Waals surface area contributed by atoms with E-state index < -0.39 is 29.0 Å². The lowest BCUT2D eigenvalue weighted by Gasteiger charge is -2.42. The van der Waals surface area contributed by atoms with E-state index in [1.165, 1.54) is 24.5 Å². The number of carbonyl (C=O) groups is 3. The summed E-state index contributed by atoms with van der Waals surface area (Å²) in [5.41, 5.74) is -1.51. The van der Waals surface area contributed by atoms with Gasteiger partial charge in [-0.1, -0.05) is 41.9 Å². The predicted octanol–water partition coefficient (Wildman–Crippen LogP) is 3.58. The number of hydrogen-bond acceptors (Lipinski definition) is 6. The van der Waals surface area contributed by atoms with Gasteiger partial charge in [-0.15, -0.1) is 0 Å². The molecule has 0 saturated carbocycles. The van der Waals surface area contributed by atoms with Crippen LogP contribution in [0.4, 0.5) is 5.69 Å². The number of nitrogens with zero attached hydrogens (tertiary/aromatic N) is 1. The third-order valence-corrected chi connectivity index (χ3v) is 5.90. The molecule has 0 spiro atoms. The lowest BCUT2D eigenvalue weighted by molar-refractivity contribution is -0.139. The molecule has 3 heterocycles. The normalized spacial score (nSPS) is 24.1. The molecule has 0 radical (unpaired) electrons. The molecule has 8 heteroatoms. The van der Waals surface area contributed by atoms with Gasteiger partial charge >= 0.3 is 11.9 Å². The van der Waals surface area contributed by atoms with Crippen LogP contribution in [0, 0.1) is 0 Å². The van der Waals surface area contributed by atoms with Crippen molar-refractivity contribution < 1.29 is 29.0 Å². The fraction of sp³-hybridized carbons (Fsp3) is 0.174. The van der Waals surface area contributed by atoms with Crippen molar-refractivity contribution >= 4 is 40.7 Å². The van der Waals surface area contributed by atoms with Crippen molar-refractivity contribution in [3.63, 3.8) is 0 Å². The van der Waals surface area contributed by atoms with Crippen LogP contribution >= 0.6 is 11.6 Å². The number of hydrogen-bond donors (Lipinski definition) is 1. The number of ether oxygens (including phenoxy) is 2. The third-order valence-electron chi connectivity index (χ3n) is 5.66. The Balaban J connectivity index is 1.87. The highest BCUT2D eigenvalue weighted by Gasteiger charge is 2.67. The minimum absolute atomic E-state index is 0.101. The summed E-state index contributed by atoms with van der Waals surface area (Å²) < 4.78 is 11.0. The van der Waals surface area contributed by atoms with Gasteiger partial charge in [0, 0.05) is 16.2 Å². The number of aliphatic hydroxyl groups excluding tert-OH is 1. The lowest BCUT2D eigenvalue weighted by Crippen LogP contribution is -2.59. The summed E-state index contributed by atoms with van der Waals surface area (Å²) in [7, 11) is 0. The SMILES string of the molecule is O=C1C(=O)N2c3cc(Cl)ccc3OC(=O)C2(C2=COCCC2)/C1=C(\O)c1ccccc1. The summed E-state index contributed by atoms with van der Waals surface area (Å²) >= 11 is 6.15. The van der Waals surface area contributed by atoms with E-state index in [1.807, 2.05) is 0 Å². The average Bonchev–Trinajstić information content (AvgIpc) is 3.04. The van der Waals surface area contributed by atoms with Crippen molar-refractivity contribution in [3.05, 3.63) is 76.5 Å². The minimum atomic E-state index is -1.98. The van der Waals surface area contributed by atoms with Gasteiger partial charge in [-0.2, -0.15) is 0 Å². The predicted molar refractivity (Wildman–Crippen MR) is 112 cm³/mol. The van der Waals surface area contributed by atoms with Crippen LogP contribution in [0.25, 0.3) is 5.76 Å². The summed E-state index contributed by atoms with van der Waals surface area (Å²) in [5.74, 6) is -3.17. The molecule has 0 aliphatic carbocycles. The van der Waals surface area contributed by atoms with Gasteiger partial charge in [-0.05, 0) is 31.0 Å². The molecule has 1 amide bonds. The van der Waals surface area contributed by atoms with Crippen LogP contribution < -0.4 is 9.64 Å². The molecule has 156 valence electrons. The smallest absolute Gasteiger partial charge is 0.347 e. The largest absolute Gasteiger partial charge is 0.507 e. The van der Waals surface area contributed by atoms with E-state index in [0.717, 1.165) is 4.90 Å². The van der Waals surface area contributed by atoms with Gasteiger partial charge in [0.05, 0.1) is 24.1 Å². The van der Waals surface area contributed by atoms with E-state index in [9.17, 15) is 19.5 Å². The number of carbonyl (C=O) groups excluding carboxylic acids is 3. The molecule has 0 bridgehead atoms. The Bertz CT molecular complexity index is 1200. The van der Waals surface area contributed by atoms with Crippen molar-refractivity contribution in [3.8, 4) is 5.75 Å². The molecule has 0 aromatic heterocycles. The highest BCUT2D eigenvalue weighted by Crippen LogP contribution is 2.52. The number of ketones is 1. The van der Waals surface area contributed by atoms with Crippen LogP contribution in [-0.2, 0) is 19.1 Å². The fourth-order valence-electron chi connectivity index (χ4n) is 4.33. The van der Waals surface area contributed by atoms with Crippen LogP contribution in [0.2, 0.25) is 5.02 Å².